The molecule has 5 nitrogen and oxygen atoms in total. The van der Waals surface area contributed by atoms with Crippen LogP contribution in [-0.2, 0) is 21.2 Å². The second kappa shape index (κ2) is 12.9. The van der Waals surface area contributed by atoms with E-state index in [4.69, 9.17) is 9.47 Å². The van der Waals surface area contributed by atoms with Gasteiger partial charge in [-0.3, -0.25) is 0 Å². The predicted octanol–water partition coefficient (Wildman–Crippen LogP) is 4.71. The summed E-state index contributed by atoms with van der Waals surface area (Å²) < 4.78 is 10.6. The molecule has 5 heteroatoms. The quantitative estimate of drug-likeness (QED) is 0.300. The Balaban J connectivity index is 0.000000333. The Morgan fingerprint density at radius 2 is 1.72 bits per heavy atom. The van der Waals surface area contributed by atoms with E-state index in [1.54, 1.807) is 27.2 Å². The molecule has 0 heterocycles. The topological polar surface area (TPSA) is 46.2 Å². The maximum atomic E-state index is 5.36. The van der Waals surface area contributed by atoms with E-state index in [2.05, 4.69) is 26.9 Å². The zero-order valence-corrected chi connectivity index (χ0v) is 15.2. The van der Waals surface area contributed by atoms with Crippen molar-refractivity contribution in [3.05, 3.63) is 72.0 Å². The van der Waals surface area contributed by atoms with E-state index >= 15 is 0 Å². The van der Waals surface area contributed by atoms with Gasteiger partial charge in [0.15, 0.2) is 0 Å². The summed E-state index contributed by atoms with van der Waals surface area (Å²) in [6.45, 7) is 4.10. The Bertz CT molecular complexity index is 611. The van der Waals surface area contributed by atoms with Crippen molar-refractivity contribution in [2.75, 3.05) is 20.8 Å². The van der Waals surface area contributed by atoms with Gasteiger partial charge >= 0.3 is 0 Å². The summed E-state index contributed by atoms with van der Waals surface area (Å²) in [5.74, 6) is 1.76. The largest absolute Gasteiger partial charge is 0.497 e. The van der Waals surface area contributed by atoms with Crippen molar-refractivity contribution in [3.63, 3.8) is 0 Å². The SMILES string of the molecule is C/C=C/OOOCC.COc1ccc(OC)c(Cc2ccccc2)c1. The molecule has 0 atom stereocenters. The first kappa shape index (κ1) is 20.5. The summed E-state index contributed by atoms with van der Waals surface area (Å²) in [6, 6.07) is 16.2. The molecule has 2 aromatic carbocycles. The van der Waals surface area contributed by atoms with E-state index in [9.17, 15) is 0 Å². The van der Waals surface area contributed by atoms with Crippen molar-refractivity contribution in [1.29, 1.82) is 0 Å². The Hall–Kier alpha value is -2.50. The second-order valence-corrected chi connectivity index (χ2v) is 4.88. The smallest absolute Gasteiger partial charge is 0.128 e. The highest BCUT2D eigenvalue weighted by Crippen LogP contribution is 2.26. The van der Waals surface area contributed by atoms with Crippen LogP contribution in [0.1, 0.15) is 25.0 Å². The molecule has 0 aromatic heterocycles. The molecular weight excluding hydrogens is 320 g/mol. The highest BCUT2D eigenvalue weighted by Gasteiger charge is 2.05. The maximum Gasteiger partial charge on any atom is 0.128 e. The van der Waals surface area contributed by atoms with Crippen LogP contribution in [0.3, 0.4) is 0 Å². The van der Waals surface area contributed by atoms with E-state index in [1.807, 2.05) is 43.3 Å². The molecule has 0 aliphatic heterocycles. The van der Waals surface area contributed by atoms with Crippen LogP contribution in [0.5, 0.6) is 11.5 Å². The third-order valence-electron chi connectivity index (χ3n) is 3.12. The molecule has 0 saturated heterocycles. The van der Waals surface area contributed by atoms with Crippen LogP contribution < -0.4 is 9.47 Å². The van der Waals surface area contributed by atoms with Crippen molar-refractivity contribution in [2.24, 2.45) is 0 Å². The van der Waals surface area contributed by atoms with Gasteiger partial charge in [-0.1, -0.05) is 30.3 Å². The molecule has 0 aliphatic carbocycles. The van der Waals surface area contributed by atoms with Crippen LogP contribution >= 0.6 is 0 Å². The molecule has 0 amide bonds. The van der Waals surface area contributed by atoms with Gasteiger partial charge in [0.2, 0.25) is 0 Å². The average Bonchev–Trinajstić information content (AvgIpc) is 2.66. The molecule has 136 valence electrons. The summed E-state index contributed by atoms with van der Waals surface area (Å²) in [5, 5.41) is 4.14. The molecule has 2 aromatic rings. The van der Waals surface area contributed by atoms with Crippen LogP contribution in [0.15, 0.2) is 60.9 Å². The first-order valence-corrected chi connectivity index (χ1v) is 8.06. The third-order valence-corrected chi connectivity index (χ3v) is 3.12. The summed E-state index contributed by atoms with van der Waals surface area (Å²) >= 11 is 0. The standard InChI is InChI=1S/C15H16O2.C5H10O3/c1-16-14-8-9-15(17-2)13(11-14)10-12-6-4-3-5-7-12;1-3-5-7-8-6-4-2/h3-9,11H,10H2,1-2H3;3,5H,4H2,1-2H3/b;5-3+. The lowest BCUT2D eigenvalue weighted by Gasteiger charge is -2.10. The lowest BCUT2D eigenvalue weighted by atomic mass is 10.0. The van der Waals surface area contributed by atoms with Gasteiger partial charge in [-0.25, -0.2) is 0 Å². The maximum absolute atomic E-state index is 5.36. The molecule has 0 N–H and O–H groups in total. The fourth-order valence-electron chi connectivity index (χ4n) is 1.99. The van der Waals surface area contributed by atoms with E-state index in [0.717, 1.165) is 23.5 Å². The second-order valence-electron chi connectivity index (χ2n) is 4.88. The van der Waals surface area contributed by atoms with Crippen LogP contribution in [0.25, 0.3) is 0 Å². The zero-order chi connectivity index (χ0) is 18.3. The fourth-order valence-corrected chi connectivity index (χ4v) is 1.99. The van der Waals surface area contributed by atoms with Gasteiger partial charge in [-0.15, -0.1) is 0 Å². The van der Waals surface area contributed by atoms with Crippen LogP contribution in [0.4, 0.5) is 0 Å². The molecule has 0 spiro atoms. The molecule has 2 rings (SSSR count). The predicted molar refractivity (Wildman–Crippen MR) is 97.4 cm³/mol. The monoisotopic (exact) mass is 346 g/mol. The number of ether oxygens (including phenoxy) is 2. The Kier molecular flexibility index (Phi) is 10.6. The summed E-state index contributed by atoms with van der Waals surface area (Å²) in [6.07, 6.45) is 3.93. The van der Waals surface area contributed by atoms with Gasteiger partial charge in [0.1, 0.15) is 17.8 Å². The number of benzene rings is 2. The first-order valence-electron chi connectivity index (χ1n) is 8.06. The van der Waals surface area contributed by atoms with Crippen molar-refractivity contribution < 1.29 is 24.3 Å². The lowest BCUT2D eigenvalue weighted by molar-refractivity contribution is -0.488. The summed E-state index contributed by atoms with van der Waals surface area (Å²) in [4.78, 5) is 8.68. The first-order chi connectivity index (χ1) is 12.2. The number of rotatable bonds is 8. The van der Waals surface area contributed by atoms with Gasteiger partial charge in [0.25, 0.3) is 0 Å². The van der Waals surface area contributed by atoms with Crippen molar-refractivity contribution >= 4 is 0 Å². The van der Waals surface area contributed by atoms with Gasteiger partial charge in [0, 0.05) is 12.0 Å². The van der Waals surface area contributed by atoms with Gasteiger partial charge in [-0.2, -0.15) is 4.89 Å². The normalized spacial score (nSPS) is 10.1. The van der Waals surface area contributed by atoms with Crippen molar-refractivity contribution in [3.8, 4) is 11.5 Å². The number of methoxy groups -OCH3 is 2. The van der Waals surface area contributed by atoms with Crippen LogP contribution in [0.2, 0.25) is 0 Å². The fraction of sp³-hybridized carbons (Fsp3) is 0.300. The summed E-state index contributed by atoms with van der Waals surface area (Å²) in [7, 11) is 3.37. The van der Waals surface area contributed by atoms with Crippen molar-refractivity contribution in [2.45, 2.75) is 20.3 Å². The molecule has 0 bridgehead atoms. The Morgan fingerprint density at radius 1 is 0.960 bits per heavy atom. The van der Waals surface area contributed by atoms with E-state index in [0.29, 0.717) is 6.61 Å². The van der Waals surface area contributed by atoms with Crippen LogP contribution in [-0.4, -0.2) is 20.8 Å². The van der Waals surface area contributed by atoms with E-state index < -0.39 is 0 Å². The average molecular weight is 346 g/mol. The van der Waals surface area contributed by atoms with Gasteiger partial charge in [-0.05, 0) is 48.7 Å². The minimum absolute atomic E-state index is 0.484. The number of allylic oxidation sites excluding steroid dienone is 1. The van der Waals surface area contributed by atoms with E-state index in [1.165, 1.54) is 11.8 Å². The third kappa shape index (κ3) is 8.24. The number of hydrogen-bond donors (Lipinski definition) is 0. The van der Waals surface area contributed by atoms with Crippen molar-refractivity contribution in [1.82, 2.24) is 0 Å². The molecule has 0 saturated carbocycles. The lowest BCUT2D eigenvalue weighted by Crippen LogP contribution is -1.95. The highest BCUT2D eigenvalue weighted by atomic mass is 17.5. The minimum Gasteiger partial charge on any atom is -0.497 e. The molecule has 0 fully saturated rings. The molecule has 25 heavy (non-hydrogen) atoms. The number of hydrogen-bond acceptors (Lipinski definition) is 5. The van der Waals surface area contributed by atoms with Gasteiger partial charge < -0.3 is 14.4 Å². The summed E-state index contributed by atoms with van der Waals surface area (Å²) in [5.41, 5.74) is 2.40. The minimum atomic E-state index is 0.484. The Morgan fingerprint density at radius 3 is 2.32 bits per heavy atom. The molecule has 0 unspecified atom stereocenters. The van der Waals surface area contributed by atoms with Gasteiger partial charge in [0.05, 0.1) is 20.8 Å². The van der Waals surface area contributed by atoms with Crippen LogP contribution in [0, 0.1) is 0 Å². The molecule has 0 aliphatic rings. The highest BCUT2D eigenvalue weighted by molar-refractivity contribution is 5.42. The molecule has 0 radical (unpaired) electrons. The molecular formula is C20H26O5. The van der Waals surface area contributed by atoms with E-state index in [-0.39, 0.29) is 0 Å². The Labute approximate surface area is 149 Å². The zero-order valence-electron chi connectivity index (χ0n) is 15.2.